The minimum absolute atomic E-state index is 0.0998. The van der Waals surface area contributed by atoms with Crippen LogP contribution in [0.3, 0.4) is 0 Å². The van der Waals surface area contributed by atoms with Crippen LogP contribution >= 0.6 is 0 Å². The monoisotopic (exact) mass is 526 g/mol. The number of amides is 1. The van der Waals surface area contributed by atoms with E-state index in [1.807, 2.05) is 50.2 Å². The zero-order valence-corrected chi connectivity index (χ0v) is 23.8. The maximum absolute atomic E-state index is 13.2. The molecule has 0 aliphatic heterocycles. The van der Waals surface area contributed by atoms with E-state index in [9.17, 15) is 14.7 Å². The quantitative estimate of drug-likeness (QED) is 0.244. The highest BCUT2D eigenvalue weighted by Gasteiger charge is 2.18. The number of nitrogens with one attached hydrogen (secondary N) is 1. The molecule has 2 atom stereocenters. The first-order valence-corrected chi connectivity index (χ1v) is 13.4. The van der Waals surface area contributed by atoms with Gasteiger partial charge in [0.15, 0.2) is 6.10 Å². The van der Waals surface area contributed by atoms with Crippen LogP contribution < -0.4 is 10.1 Å². The summed E-state index contributed by atoms with van der Waals surface area (Å²) in [5, 5.41) is 13.4. The largest absolute Gasteiger partial charge is 0.479 e. The molecule has 6 nitrogen and oxygen atoms in total. The van der Waals surface area contributed by atoms with E-state index in [1.165, 1.54) is 12.5 Å². The number of carboxylic acids is 1. The second-order valence-electron chi connectivity index (χ2n) is 10.8. The van der Waals surface area contributed by atoms with Gasteiger partial charge in [0.2, 0.25) is 0 Å². The summed E-state index contributed by atoms with van der Waals surface area (Å²) in [5.74, 6) is -0.133. The molecule has 0 bridgehead atoms. The molecule has 0 aliphatic rings. The standard InChI is InChI=1S/C33H38N2O4/c1-19(2)26-9-8-10-27(16-26)22(5)34-32(36)28-11-12-31-30(17-28)21(4)23(6)35(31)18-25-13-20(3)14-29(15-25)39-24(7)33(37)38/h8-17,19,22,24H,18H2,1-7H3,(H,34,36)(H,37,38)/t22-,24-/m0/s1. The molecule has 0 spiro atoms. The topological polar surface area (TPSA) is 80.6 Å². The summed E-state index contributed by atoms with van der Waals surface area (Å²) in [7, 11) is 0. The minimum Gasteiger partial charge on any atom is -0.479 e. The Labute approximate surface area is 230 Å². The van der Waals surface area contributed by atoms with Crippen molar-refractivity contribution in [3.63, 3.8) is 0 Å². The fourth-order valence-corrected chi connectivity index (χ4v) is 4.97. The number of nitrogens with zero attached hydrogens (tertiary/aromatic N) is 1. The van der Waals surface area contributed by atoms with Gasteiger partial charge in [0.25, 0.3) is 5.91 Å². The number of carbonyl (C=O) groups is 2. The SMILES string of the molecule is Cc1cc(Cn2c(C)c(C)c3cc(C(=O)N[C@@H](C)c4cccc(C(C)C)c4)ccc32)cc(O[C@@H](C)C(=O)O)c1. The maximum atomic E-state index is 13.2. The summed E-state index contributed by atoms with van der Waals surface area (Å²) in [4.78, 5) is 24.5. The highest BCUT2D eigenvalue weighted by molar-refractivity contribution is 5.99. The first-order chi connectivity index (χ1) is 18.4. The molecule has 6 heteroatoms. The van der Waals surface area contributed by atoms with E-state index in [1.54, 1.807) is 0 Å². The number of benzene rings is 3. The average molecular weight is 527 g/mol. The van der Waals surface area contributed by atoms with Crippen molar-refractivity contribution >= 4 is 22.8 Å². The lowest BCUT2D eigenvalue weighted by Crippen LogP contribution is -2.26. The van der Waals surface area contributed by atoms with Crippen LogP contribution in [0.1, 0.15) is 83.5 Å². The molecule has 4 rings (SSSR count). The van der Waals surface area contributed by atoms with Gasteiger partial charge in [-0.3, -0.25) is 4.79 Å². The van der Waals surface area contributed by atoms with Crippen LogP contribution in [-0.4, -0.2) is 27.7 Å². The summed E-state index contributed by atoms with van der Waals surface area (Å²) < 4.78 is 7.86. The molecular weight excluding hydrogens is 488 g/mol. The zero-order valence-electron chi connectivity index (χ0n) is 23.8. The summed E-state index contributed by atoms with van der Waals surface area (Å²) in [6, 6.07) is 19.9. The Morgan fingerprint density at radius 1 is 0.923 bits per heavy atom. The third kappa shape index (κ3) is 6.17. The predicted molar refractivity (Wildman–Crippen MR) is 156 cm³/mol. The molecule has 0 fully saturated rings. The van der Waals surface area contributed by atoms with E-state index in [0.717, 1.165) is 38.9 Å². The number of carbonyl (C=O) groups excluding carboxylic acids is 1. The van der Waals surface area contributed by atoms with Gasteiger partial charge in [-0.2, -0.15) is 0 Å². The van der Waals surface area contributed by atoms with Crippen molar-refractivity contribution in [1.82, 2.24) is 9.88 Å². The number of hydrogen-bond acceptors (Lipinski definition) is 3. The number of aromatic nitrogens is 1. The van der Waals surface area contributed by atoms with Crippen LogP contribution in [0.15, 0.2) is 60.7 Å². The molecule has 204 valence electrons. The number of fused-ring (bicyclic) bond motifs is 1. The van der Waals surface area contributed by atoms with Gasteiger partial charge >= 0.3 is 5.97 Å². The van der Waals surface area contributed by atoms with Crippen LogP contribution in [0.4, 0.5) is 0 Å². The molecule has 0 unspecified atom stereocenters. The number of ether oxygens (including phenoxy) is 1. The lowest BCUT2D eigenvalue weighted by Gasteiger charge is -2.17. The molecule has 4 aromatic rings. The van der Waals surface area contributed by atoms with Crippen molar-refractivity contribution in [2.75, 3.05) is 0 Å². The van der Waals surface area contributed by atoms with Crippen LogP contribution in [0.5, 0.6) is 5.75 Å². The first-order valence-electron chi connectivity index (χ1n) is 13.4. The van der Waals surface area contributed by atoms with Crippen molar-refractivity contribution in [1.29, 1.82) is 0 Å². The van der Waals surface area contributed by atoms with Gasteiger partial charge < -0.3 is 19.7 Å². The number of carboxylic acid groups (broad SMARTS) is 1. The van der Waals surface area contributed by atoms with Crippen molar-refractivity contribution in [2.45, 2.75) is 73.1 Å². The molecule has 3 aromatic carbocycles. The Kier molecular flexibility index (Phi) is 8.14. The second kappa shape index (κ2) is 11.4. The average Bonchev–Trinajstić information content (AvgIpc) is 3.12. The van der Waals surface area contributed by atoms with E-state index in [0.29, 0.717) is 23.8 Å². The Hall–Kier alpha value is -4.06. The number of rotatable bonds is 9. The summed E-state index contributed by atoms with van der Waals surface area (Å²) in [5.41, 5.74) is 8.27. The predicted octanol–water partition coefficient (Wildman–Crippen LogP) is 7.08. The molecule has 1 heterocycles. The van der Waals surface area contributed by atoms with Gasteiger partial charge in [0.05, 0.1) is 6.04 Å². The minimum atomic E-state index is -1.00. The van der Waals surface area contributed by atoms with Gasteiger partial charge in [0.1, 0.15) is 5.75 Å². The smallest absolute Gasteiger partial charge is 0.344 e. The third-order valence-corrected chi connectivity index (χ3v) is 7.44. The van der Waals surface area contributed by atoms with Crippen molar-refractivity contribution in [3.05, 3.63) is 99.7 Å². The van der Waals surface area contributed by atoms with Crippen molar-refractivity contribution < 1.29 is 19.4 Å². The molecule has 1 amide bonds. The molecule has 0 saturated carbocycles. The first kappa shape index (κ1) is 28.0. The molecular formula is C33H38N2O4. The Balaban J connectivity index is 1.58. The van der Waals surface area contributed by atoms with Crippen molar-refractivity contribution in [3.8, 4) is 5.75 Å². The lowest BCUT2D eigenvalue weighted by molar-refractivity contribution is -0.144. The highest BCUT2D eigenvalue weighted by atomic mass is 16.5. The van der Waals surface area contributed by atoms with Gasteiger partial charge in [-0.15, -0.1) is 0 Å². The van der Waals surface area contributed by atoms with Gasteiger partial charge in [0, 0.05) is 28.7 Å². The Bertz CT molecular complexity index is 1530. The van der Waals surface area contributed by atoms with Gasteiger partial charge in [-0.05, 0) is 98.7 Å². The van der Waals surface area contributed by atoms with E-state index in [2.05, 4.69) is 61.8 Å². The molecule has 2 N–H and O–H groups in total. The summed E-state index contributed by atoms with van der Waals surface area (Å²) >= 11 is 0. The van der Waals surface area contributed by atoms with E-state index in [4.69, 9.17) is 4.74 Å². The summed E-state index contributed by atoms with van der Waals surface area (Å²) in [6.45, 7) is 14.6. The number of aliphatic carboxylic acids is 1. The summed E-state index contributed by atoms with van der Waals surface area (Å²) in [6.07, 6.45) is -0.928. The second-order valence-corrected chi connectivity index (χ2v) is 10.8. The van der Waals surface area contributed by atoms with E-state index >= 15 is 0 Å². The number of hydrogen-bond donors (Lipinski definition) is 2. The third-order valence-electron chi connectivity index (χ3n) is 7.44. The fourth-order valence-electron chi connectivity index (χ4n) is 4.97. The van der Waals surface area contributed by atoms with Gasteiger partial charge in [-0.25, -0.2) is 4.79 Å². The Morgan fingerprint density at radius 2 is 1.64 bits per heavy atom. The molecule has 1 aromatic heterocycles. The van der Waals surface area contributed by atoms with Crippen LogP contribution in [0.25, 0.3) is 10.9 Å². The Morgan fingerprint density at radius 3 is 2.33 bits per heavy atom. The van der Waals surface area contributed by atoms with Crippen LogP contribution in [-0.2, 0) is 11.3 Å². The maximum Gasteiger partial charge on any atom is 0.344 e. The fraction of sp³-hybridized carbons (Fsp3) is 0.333. The van der Waals surface area contributed by atoms with Gasteiger partial charge in [-0.1, -0.05) is 44.2 Å². The van der Waals surface area contributed by atoms with Crippen LogP contribution in [0.2, 0.25) is 0 Å². The lowest BCUT2D eigenvalue weighted by atomic mass is 9.98. The highest BCUT2D eigenvalue weighted by Crippen LogP contribution is 2.29. The molecule has 0 aliphatic carbocycles. The normalized spacial score (nSPS) is 12.9. The number of aryl methyl sites for hydroxylation is 2. The van der Waals surface area contributed by atoms with E-state index < -0.39 is 12.1 Å². The van der Waals surface area contributed by atoms with Crippen LogP contribution in [0, 0.1) is 20.8 Å². The molecule has 0 radical (unpaired) electrons. The zero-order chi connectivity index (χ0) is 28.4. The molecule has 0 saturated heterocycles. The van der Waals surface area contributed by atoms with Crippen molar-refractivity contribution in [2.24, 2.45) is 0 Å². The molecule has 39 heavy (non-hydrogen) atoms. The van der Waals surface area contributed by atoms with E-state index in [-0.39, 0.29) is 11.9 Å².